The summed E-state index contributed by atoms with van der Waals surface area (Å²) in [5.41, 5.74) is 0. The van der Waals surface area contributed by atoms with Crippen molar-refractivity contribution in [2.24, 2.45) is 0 Å². The fourth-order valence-corrected chi connectivity index (χ4v) is 3.37. The molecule has 0 aliphatic rings. The molecule has 6 heteroatoms. The Hall–Kier alpha value is 0.471. The molecule has 0 aliphatic carbocycles. The Labute approximate surface area is 215 Å². The van der Waals surface area contributed by atoms with Crippen LogP contribution in [0, 0.1) is 0 Å². The predicted octanol–water partition coefficient (Wildman–Crippen LogP) is 5.61. The third kappa shape index (κ3) is 22.8. The van der Waals surface area contributed by atoms with Gasteiger partial charge in [0.1, 0.15) is 6.04 Å². The van der Waals surface area contributed by atoms with Gasteiger partial charge in [-0.1, -0.05) is 103 Å². The molecule has 0 aromatic heterocycles. The van der Waals surface area contributed by atoms with Crippen LogP contribution in [-0.2, 0) is 9.59 Å². The van der Waals surface area contributed by atoms with Gasteiger partial charge < -0.3 is 18.4 Å². The van der Waals surface area contributed by atoms with Crippen LogP contribution in [0.1, 0.15) is 119 Å². The number of carbonyl (C=O) groups is 2. The van der Waals surface area contributed by atoms with Gasteiger partial charge in [-0.05, 0) is 13.0 Å². The van der Waals surface area contributed by atoms with Crippen LogP contribution < -0.4 is 5.32 Å². The quantitative estimate of drug-likeness (QED) is 0.134. The standard InChI is InChI=1S/C22H43NO4.Ba.2H/c1-2-3-4-5-6-7-8-9-10-11-12-13-14-15-16-17-18-23-20(22(26)27)19-21(24)25;;;/h20,23H,2-19H2,1H3,(H,24,25)(H,26,27);;;/q;+2;2*-1. The number of carboxylic acid groups (broad SMARTS) is 2. The Balaban J connectivity index is -0.00000113. The molecule has 0 amide bonds. The molecule has 5 nitrogen and oxygen atoms in total. The first kappa shape index (κ1) is 30.7. The molecule has 0 aliphatic heterocycles. The average Bonchev–Trinajstić information content (AvgIpc) is 2.62. The molecule has 0 rings (SSSR count). The summed E-state index contributed by atoms with van der Waals surface area (Å²) < 4.78 is 0. The zero-order valence-electron chi connectivity index (χ0n) is 20.2. The molecule has 164 valence electrons. The molecule has 0 aromatic rings. The normalized spacial score (nSPS) is 11.8. The Morgan fingerprint density at radius 3 is 1.39 bits per heavy atom. The molecule has 0 heterocycles. The summed E-state index contributed by atoms with van der Waals surface area (Å²) in [5.74, 6) is -2.17. The number of hydrogen-bond acceptors (Lipinski definition) is 3. The van der Waals surface area contributed by atoms with Crippen LogP contribution in [0.25, 0.3) is 0 Å². The van der Waals surface area contributed by atoms with E-state index in [-0.39, 0.29) is 58.2 Å². The SMILES string of the molecule is CCCCCCCCCCCCCCCCCCNC(CC(=O)O)C(=O)O.[Ba+2].[H-].[H-]. The van der Waals surface area contributed by atoms with Gasteiger partial charge in [0.15, 0.2) is 0 Å². The average molecular weight is 525 g/mol. The largest absolute Gasteiger partial charge is 2.00 e. The van der Waals surface area contributed by atoms with E-state index in [9.17, 15) is 9.59 Å². The van der Waals surface area contributed by atoms with Crippen molar-refractivity contribution in [3.05, 3.63) is 0 Å². The maximum Gasteiger partial charge on any atom is 2.00 e. The summed E-state index contributed by atoms with van der Waals surface area (Å²) in [6, 6.07) is -0.973. The molecular formula is C22H45BaNO4. The predicted molar refractivity (Wildman–Crippen MR) is 119 cm³/mol. The van der Waals surface area contributed by atoms with Gasteiger partial charge in [0.25, 0.3) is 0 Å². The number of carboxylic acids is 2. The summed E-state index contributed by atoms with van der Waals surface area (Å²) in [6.45, 7) is 2.83. The Morgan fingerprint density at radius 1 is 0.714 bits per heavy atom. The molecule has 1 unspecified atom stereocenters. The van der Waals surface area contributed by atoms with E-state index < -0.39 is 18.0 Å². The zero-order valence-corrected chi connectivity index (χ0v) is 22.7. The minimum atomic E-state index is -1.09. The number of nitrogens with one attached hydrogen (secondary N) is 1. The molecule has 0 bridgehead atoms. The maximum absolute atomic E-state index is 10.9. The van der Waals surface area contributed by atoms with Gasteiger partial charge in [-0.2, -0.15) is 0 Å². The topological polar surface area (TPSA) is 86.6 Å². The second kappa shape index (κ2) is 23.7. The zero-order chi connectivity index (χ0) is 20.2. The summed E-state index contributed by atoms with van der Waals surface area (Å²) in [5, 5.41) is 20.4. The summed E-state index contributed by atoms with van der Waals surface area (Å²) in [6.07, 6.45) is 20.5. The maximum atomic E-state index is 10.9. The second-order valence-electron chi connectivity index (χ2n) is 7.75. The van der Waals surface area contributed by atoms with Crippen molar-refractivity contribution in [2.75, 3.05) is 6.54 Å². The third-order valence-electron chi connectivity index (χ3n) is 5.10. The van der Waals surface area contributed by atoms with Crippen LogP contribution in [0.3, 0.4) is 0 Å². The monoisotopic (exact) mass is 525 g/mol. The summed E-state index contributed by atoms with van der Waals surface area (Å²) in [4.78, 5) is 21.5. The van der Waals surface area contributed by atoms with Crippen molar-refractivity contribution < 1.29 is 22.7 Å². The van der Waals surface area contributed by atoms with E-state index in [1.54, 1.807) is 0 Å². The Morgan fingerprint density at radius 2 is 1.07 bits per heavy atom. The first-order valence-corrected chi connectivity index (χ1v) is 11.3. The first-order valence-electron chi connectivity index (χ1n) is 11.3. The molecule has 0 saturated heterocycles. The van der Waals surface area contributed by atoms with Gasteiger partial charge >= 0.3 is 60.8 Å². The third-order valence-corrected chi connectivity index (χ3v) is 5.10. The molecule has 0 aromatic carbocycles. The number of rotatable bonds is 21. The second-order valence-corrected chi connectivity index (χ2v) is 7.75. The van der Waals surface area contributed by atoms with E-state index in [1.165, 1.54) is 89.9 Å². The van der Waals surface area contributed by atoms with E-state index in [2.05, 4.69) is 12.2 Å². The molecule has 0 radical (unpaired) electrons. The van der Waals surface area contributed by atoms with Crippen LogP contribution in [0.5, 0.6) is 0 Å². The van der Waals surface area contributed by atoms with Crippen LogP contribution in [0.2, 0.25) is 0 Å². The van der Waals surface area contributed by atoms with E-state index >= 15 is 0 Å². The minimum absolute atomic E-state index is 0. The van der Waals surface area contributed by atoms with Gasteiger partial charge in [0.05, 0.1) is 6.42 Å². The molecule has 0 spiro atoms. The van der Waals surface area contributed by atoms with Gasteiger partial charge in [0, 0.05) is 0 Å². The molecule has 1 atom stereocenters. The molecule has 28 heavy (non-hydrogen) atoms. The molecule has 0 fully saturated rings. The van der Waals surface area contributed by atoms with Crippen molar-refractivity contribution in [3.63, 3.8) is 0 Å². The van der Waals surface area contributed by atoms with E-state index in [4.69, 9.17) is 10.2 Å². The van der Waals surface area contributed by atoms with Gasteiger partial charge in [0.2, 0.25) is 0 Å². The smallest absolute Gasteiger partial charge is 1.00 e. The van der Waals surface area contributed by atoms with Crippen LogP contribution in [-0.4, -0.2) is 83.6 Å². The van der Waals surface area contributed by atoms with Crippen LogP contribution in [0.4, 0.5) is 0 Å². The van der Waals surface area contributed by atoms with Crippen molar-refractivity contribution in [3.8, 4) is 0 Å². The van der Waals surface area contributed by atoms with Crippen LogP contribution >= 0.6 is 0 Å². The van der Waals surface area contributed by atoms with E-state index in [0.717, 1.165) is 12.8 Å². The van der Waals surface area contributed by atoms with Gasteiger partial charge in [-0.25, -0.2) is 0 Å². The Bertz CT molecular complexity index is 377. The first-order chi connectivity index (χ1) is 13.1. The van der Waals surface area contributed by atoms with Crippen LogP contribution in [0.15, 0.2) is 0 Å². The molecular weight excluding hydrogens is 480 g/mol. The molecule has 3 N–H and O–H groups in total. The summed E-state index contributed by atoms with van der Waals surface area (Å²) in [7, 11) is 0. The van der Waals surface area contributed by atoms with E-state index in [0.29, 0.717) is 6.54 Å². The van der Waals surface area contributed by atoms with Gasteiger partial charge in [-0.15, -0.1) is 0 Å². The minimum Gasteiger partial charge on any atom is -1.00 e. The fraction of sp³-hybridized carbons (Fsp3) is 0.909. The number of aliphatic carboxylic acids is 2. The van der Waals surface area contributed by atoms with Crippen molar-refractivity contribution >= 4 is 60.8 Å². The van der Waals surface area contributed by atoms with Gasteiger partial charge in [-0.3, -0.25) is 9.59 Å². The van der Waals surface area contributed by atoms with Crippen molar-refractivity contribution in [2.45, 2.75) is 122 Å². The van der Waals surface area contributed by atoms with E-state index in [1.807, 2.05) is 0 Å². The van der Waals surface area contributed by atoms with Crippen molar-refractivity contribution in [1.82, 2.24) is 5.32 Å². The molecule has 0 saturated carbocycles. The number of unbranched alkanes of at least 4 members (excludes halogenated alkanes) is 15. The van der Waals surface area contributed by atoms with Crippen molar-refractivity contribution in [1.29, 1.82) is 0 Å². The Kier molecular flexibility index (Phi) is 26.0. The fourth-order valence-electron chi connectivity index (χ4n) is 3.37. The summed E-state index contributed by atoms with van der Waals surface area (Å²) >= 11 is 0. The number of hydrogen-bond donors (Lipinski definition) is 3.